The number of hydrogen-bond donors (Lipinski definition) is 1. The molecule has 0 bridgehead atoms. The van der Waals surface area contributed by atoms with Gasteiger partial charge in [0.2, 0.25) is 0 Å². The highest BCUT2D eigenvalue weighted by atomic mass is 19.4. The summed E-state index contributed by atoms with van der Waals surface area (Å²) >= 11 is 0. The van der Waals surface area contributed by atoms with Gasteiger partial charge in [-0.05, 0) is 41.3 Å². The predicted octanol–water partition coefficient (Wildman–Crippen LogP) is 4.25. The molecule has 2 aromatic carbocycles. The smallest absolute Gasteiger partial charge is 0.312 e. The second kappa shape index (κ2) is 5.19. The second-order valence-electron chi connectivity index (χ2n) is 5.45. The lowest BCUT2D eigenvalue weighted by Crippen LogP contribution is -2.29. The number of halogens is 3. The molecule has 1 aliphatic heterocycles. The minimum atomic E-state index is -4.29. The summed E-state index contributed by atoms with van der Waals surface area (Å²) in [6.07, 6.45) is -4.29. The first-order valence-electron chi connectivity index (χ1n) is 6.93. The number of fused-ring (bicyclic) bond motifs is 1. The summed E-state index contributed by atoms with van der Waals surface area (Å²) in [5.74, 6) is 0.109. The van der Waals surface area contributed by atoms with Gasteiger partial charge in [-0.15, -0.1) is 0 Å². The summed E-state index contributed by atoms with van der Waals surface area (Å²) < 4.78 is 38.3. The van der Waals surface area contributed by atoms with Crippen molar-refractivity contribution in [3.63, 3.8) is 0 Å². The fourth-order valence-corrected chi connectivity index (χ4v) is 3.02. The van der Waals surface area contributed by atoms with E-state index in [1.165, 1.54) is 23.3 Å². The van der Waals surface area contributed by atoms with Crippen molar-refractivity contribution in [1.29, 1.82) is 0 Å². The lowest BCUT2D eigenvalue weighted by molar-refractivity contribution is -0.137. The second-order valence-corrected chi connectivity index (χ2v) is 5.45. The number of benzene rings is 2. The molecule has 0 aromatic heterocycles. The summed E-state index contributed by atoms with van der Waals surface area (Å²) in [5.41, 5.74) is 3.49. The molecule has 1 N–H and O–H groups in total. The van der Waals surface area contributed by atoms with Crippen LogP contribution in [-0.4, -0.2) is 6.54 Å². The normalized spacial score (nSPS) is 18.4. The van der Waals surface area contributed by atoms with Gasteiger partial charge >= 0.3 is 6.18 Å². The van der Waals surface area contributed by atoms with Gasteiger partial charge in [0, 0.05) is 19.0 Å². The van der Waals surface area contributed by atoms with E-state index in [0.29, 0.717) is 5.56 Å². The maximum absolute atomic E-state index is 12.8. The topological polar surface area (TPSA) is 12.0 Å². The summed E-state index contributed by atoms with van der Waals surface area (Å²) in [5, 5.41) is 3.34. The maximum Gasteiger partial charge on any atom is 0.416 e. The predicted molar refractivity (Wildman–Crippen MR) is 76.2 cm³/mol. The van der Waals surface area contributed by atoms with Crippen LogP contribution in [0.25, 0.3) is 0 Å². The van der Waals surface area contributed by atoms with E-state index in [9.17, 15) is 13.2 Å². The van der Waals surface area contributed by atoms with E-state index in [1.54, 1.807) is 13.0 Å². The van der Waals surface area contributed by atoms with Crippen LogP contribution in [0.2, 0.25) is 0 Å². The van der Waals surface area contributed by atoms with Crippen LogP contribution >= 0.6 is 0 Å². The number of nitrogens with one attached hydrogen (secondary N) is 1. The molecule has 1 atom stereocenters. The molecule has 0 radical (unpaired) electrons. The van der Waals surface area contributed by atoms with Crippen molar-refractivity contribution in [2.75, 3.05) is 6.54 Å². The molecular weight excluding hydrogens is 275 g/mol. The van der Waals surface area contributed by atoms with Crippen LogP contribution in [0.5, 0.6) is 0 Å². The molecule has 1 nitrogen and oxygen atoms in total. The molecule has 1 heterocycles. The molecule has 3 rings (SSSR count). The zero-order valence-electron chi connectivity index (χ0n) is 11.7. The van der Waals surface area contributed by atoms with E-state index in [-0.39, 0.29) is 5.92 Å². The Bertz CT molecular complexity index is 661. The van der Waals surface area contributed by atoms with Gasteiger partial charge in [0.25, 0.3) is 0 Å². The van der Waals surface area contributed by atoms with Crippen molar-refractivity contribution in [2.45, 2.75) is 25.6 Å². The Kier molecular flexibility index (Phi) is 3.49. The van der Waals surface area contributed by atoms with Crippen LogP contribution in [-0.2, 0) is 12.7 Å². The Labute approximate surface area is 121 Å². The number of rotatable bonds is 1. The van der Waals surface area contributed by atoms with Gasteiger partial charge in [0.05, 0.1) is 5.56 Å². The van der Waals surface area contributed by atoms with Crippen LogP contribution in [0, 0.1) is 6.92 Å². The number of aryl methyl sites for hydroxylation is 1. The molecule has 4 heteroatoms. The Morgan fingerprint density at radius 3 is 2.52 bits per heavy atom. The van der Waals surface area contributed by atoms with Gasteiger partial charge in [0.1, 0.15) is 0 Å². The van der Waals surface area contributed by atoms with Crippen LogP contribution < -0.4 is 5.32 Å². The van der Waals surface area contributed by atoms with E-state index in [4.69, 9.17) is 0 Å². The van der Waals surface area contributed by atoms with Gasteiger partial charge in [-0.25, -0.2) is 0 Å². The standard InChI is InChI=1S/C17H16F3N/c1-11-8-13(17(18,19)20)6-7-14(11)16-10-21-9-12-4-2-3-5-15(12)16/h2-8,16,21H,9-10H2,1H3. The van der Waals surface area contributed by atoms with Crippen molar-refractivity contribution in [3.05, 3.63) is 70.3 Å². The van der Waals surface area contributed by atoms with Crippen molar-refractivity contribution in [2.24, 2.45) is 0 Å². The molecule has 0 aliphatic carbocycles. The van der Waals surface area contributed by atoms with Crippen LogP contribution in [0.15, 0.2) is 42.5 Å². The van der Waals surface area contributed by atoms with E-state index < -0.39 is 11.7 Å². The lowest BCUT2D eigenvalue weighted by atomic mass is 9.83. The van der Waals surface area contributed by atoms with Gasteiger partial charge in [-0.2, -0.15) is 13.2 Å². The Morgan fingerprint density at radius 1 is 1.05 bits per heavy atom. The molecule has 21 heavy (non-hydrogen) atoms. The molecule has 0 saturated carbocycles. The molecular formula is C17H16F3N. The maximum atomic E-state index is 12.8. The van der Waals surface area contributed by atoms with Crippen molar-refractivity contribution in [3.8, 4) is 0 Å². The number of hydrogen-bond acceptors (Lipinski definition) is 1. The summed E-state index contributed by atoms with van der Waals surface area (Å²) in [4.78, 5) is 0. The average Bonchev–Trinajstić information content (AvgIpc) is 2.46. The highest BCUT2D eigenvalue weighted by Gasteiger charge is 2.31. The Morgan fingerprint density at radius 2 is 1.81 bits per heavy atom. The third-order valence-electron chi connectivity index (χ3n) is 4.07. The molecule has 1 unspecified atom stereocenters. The average molecular weight is 291 g/mol. The molecule has 0 saturated heterocycles. The molecule has 1 aliphatic rings. The highest BCUT2D eigenvalue weighted by Crippen LogP contribution is 2.35. The molecule has 0 spiro atoms. The Hall–Kier alpha value is -1.81. The highest BCUT2D eigenvalue weighted by molar-refractivity contribution is 5.44. The minimum Gasteiger partial charge on any atom is -0.312 e. The SMILES string of the molecule is Cc1cc(C(F)(F)F)ccc1C1CNCc2ccccc21. The molecule has 0 fully saturated rings. The van der Waals surface area contributed by atoms with E-state index in [2.05, 4.69) is 17.4 Å². The van der Waals surface area contributed by atoms with Gasteiger partial charge in [-0.3, -0.25) is 0 Å². The largest absolute Gasteiger partial charge is 0.416 e. The monoisotopic (exact) mass is 291 g/mol. The van der Waals surface area contributed by atoms with Crippen molar-refractivity contribution in [1.82, 2.24) is 5.32 Å². The zero-order valence-corrected chi connectivity index (χ0v) is 11.7. The first-order valence-corrected chi connectivity index (χ1v) is 6.93. The van der Waals surface area contributed by atoms with Crippen LogP contribution in [0.4, 0.5) is 13.2 Å². The third-order valence-corrected chi connectivity index (χ3v) is 4.07. The molecule has 0 amide bonds. The number of alkyl halides is 3. The summed E-state index contributed by atoms with van der Waals surface area (Å²) in [6, 6.07) is 12.1. The van der Waals surface area contributed by atoms with Crippen LogP contribution in [0.1, 0.15) is 33.7 Å². The fraction of sp³-hybridized carbons (Fsp3) is 0.294. The third kappa shape index (κ3) is 2.68. The van der Waals surface area contributed by atoms with E-state index in [1.807, 2.05) is 12.1 Å². The van der Waals surface area contributed by atoms with Crippen LogP contribution in [0.3, 0.4) is 0 Å². The van der Waals surface area contributed by atoms with Crippen molar-refractivity contribution < 1.29 is 13.2 Å². The minimum absolute atomic E-state index is 0.109. The quantitative estimate of drug-likeness (QED) is 0.828. The zero-order chi connectivity index (χ0) is 15.0. The Balaban J connectivity index is 2.03. The summed E-state index contributed by atoms with van der Waals surface area (Å²) in [6.45, 7) is 3.32. The fourth-order valence-electron chi connectivity index (χ4n) is 3.02. The van der Waals surface area contributed by atoms with Gasteiger partial charge in [0.15, 0.2) is 0 Å². The van der Waals surface area contributed by atoms with Gasteiger partial charge < -0.3 is 5.32 Å². The lowest BCUT2D eigenvalue weighted by Gasteiger charge is -2.28. The van der Waals surface area contributed by atoms with E-state index in [0.717, 1.165) is 18.7 Å². The first-order chi connectivity index (χ1) is 9.97. The van der Waals surface area contributed by atoms with Crippen molar-refractivity contribution >= 4 is 0 Å². The van der Waals surface area contributed by atoms with E-state index >= 15 is 0 Å². The van der Waals surface area contributed by atoms with Gasteiger partial charge in [-0.1, -0.05) is 30.3 Å². The molecule has 2 aromatic rings. The molecule has 110 valence electrons. The summed E-state index contributed by atoms with van der Waals surface area (Å²) in [7, 11) is 0. The first kappa shape index (κ1) is 14.1.